The summed E-state index contributed by atoms with van der Waals surface area (Å²) < 4.78 is 13.4. The molecule has 7 heteroatoms. The first-order valence-electron chi connectivity index (χ1n) is 11.5. The maximum atomic E-state index is 5.94. The molecule has 1 aliphatic heterocycles. The van der Waals surface area contributed by atoms with E-state index in [1.807, 2.05) is 28.8 Å². The maximum Gasteiger partial charge on any atom is 0.186 e. The standard InChI is InChI=1S/C25H29N5O2/c1-3-4-9-16-32-21-13-12-18(17-22(21)31-2)23-26-27-24-19-10-5-6-11-20(19)25(28-30(23)24)29-14-7-8-15-29/h5-6,10-13,17H,3-4,7-9,14-16H2,1-2H3. The third kappa shape index (κ3) is 3.72. The van der Waals surface area contributed by atoms with Crippen LogP contribution < -0.4 is 14.4 Å². The SMILES string of the molecule is CCCCCOc1ccc(-c2nnc3c4ccccc4c(N4CCCC4)nn23)cc1OC. The minimum atomic E-state index is 0.685. The van der Waals surface area contributed by atoms with Gasteiger partial charge in [-0.3, -0.25) is 0 Å². The molecule has 0 saturated carbocycles. The number of anilines is 1. The Morgan fingerprint density at radius 2 is 1.75 bits per heavy atom. The molecule has 2 aromatic heterocycles. The van der Waals surface area contributed by atoms with Crippen LogP contribution in [0.3, 0.4) is 0 Å². The van der Waals surface area contributed by atoms with E-state index < -0.39 is 0 Å². The third-order valence-corrected chi connectivity index (χ3v) is 6.08. The van der Waals surface area contributed by atoms with Crippen molar-refractivity contribution in [1.29, 1.82) is 0 Å². The molecule has 4 aromatic rings. The van der Waals surface area contributed by atoms with Gasteiger partial charge < -0.3 is 14.4 Å². The zero-order chi connectivity index (χ0) is 21.9. The molecule has 0 radical (unpaired) electrons. The lowest BCUT2D eigenvalue weighted by molar-refractivity contribution is 0.286. The predicted octanol–water partition coefficient (Wildman–Crippen LogP) is 5.12. The van der Waals surface area contributed by atoms with E-state index in [1.54, 1.807) is 7.11 Å². The van der Waals surface area contributed by atoms with Gasteiger partial charge in [0.1, 0.15) is 0 Å². The van der Waals surface area contributed by atoms with Crippen LogP contribution in [-0.4, -0.2) is 46.6 Å². The lowest BCUT2D eigenvalue weighted by Crippen LogP contribution is -2.20. The van der Waals surface area contributed by atoms with Crippen LogP contribution in [0.1, 0.15) is 39.0 Å². The fraction of sp³-hybridized carbons (Fsp3) is 0.400. The number of aromatic nitrogens is 4. The second-order valence-electron chi connectivity index (χ2n) is 8.24. The van der Waals surface area contributed by atoms with Crippen LogP contribution in [0.4, 0.5) is 5.82 Å². The van der Waals surface area contributed by atoms with Crippen molar-refractivity contribution in [2.75, 3.05) is 31.7 Å². The molecule has 1 aliphatic rings. The summed E-state index contributed by atoms with van der Waals surface area (Å²) in [5.41, 5.74) is 1.66. The number of hydrogen-bond acceptors (Lipinski definition) is 6. The van der Waals surface area contributed by atoms with E-state index in [2.05, 4.69) is 40.2 Å². The van der Waals surface area contributed by atoms with Gasteiger partial charge in [0, 0.05) is 29.4 Å². The first-order valence-corrected chi connectivity index (χ1v) is 11.5. The molecule has 0 N–H and O–H groups in total. The monoisotopic (exact) mass is 431 g/mol. The molecule has 1 saturated heterocycles. The van der Waals surface area contributed by atoms with Crippen LogP contribution in [-0.2, 0) is 0 Å². The first-order chi connectivity index (χ1) is 15.8. The Labute approximate surface area is 188 Å². The number of nitrogens with zero attached hydrogens (tertiary/aromatic N) is 5. The molecule has 0 amide bonds. The van der Waals surface area contributed by atoms with Crippen LogP contribution in [0, 0.1) is 0 Å². The molecule has 0 bridgehead atoms. The van der Waals surface area contributed by atoms with E-state index in [4.69, 9.17) is 14.6 Å². The summed E-state index contributed by atoms with van der Waals surface area (Å²) in [6.07, 6.45) is 5.75. The highest BCUT2D eigenvalue weighted by molar-refractivity contribution is 6.00. The van der Waals surface area contributed by atoms with Crippen LogP contribution in [0.2, 0.25) is 0 Å². The highest BCUT2D eigenvalue weighted by Crippen LogP contribution is 2.34. The average Bonchev–Trinajstić information content (AvgIpc) is 3.51. The second kappa shape index (κ2) is 9.02. The highest BCUT2D eigenvalue weighted by Gasteiger charge is 2.21. The maximum absolute atomic E-state index is 5.94. The largest absolute Gasteiger partial charge is 0.493 e. The van der Waals surface area contributed by atoms with Gasteiger partial charge in [-0.15, -0.1) is 15.3 Å². The number of rotatable bonds is 8. The lowest BCUT2D eigenvalue weighted by Gasteiger charge is -2.19. The Kier molecular flexibility index (Phi) is 5.79. The summed E-state index contributed by atoms with van der Waals surface area (Å²) in [6, 6.07) is 14.2. The predicted molar refractivity (Wildman–Crippen MR) is 127 cm³/mol. The van der Waals surface area contributed by atoms with Crippen molar-refractivity contribution in [3.63, 3.8) is 0 Å². The van der Waals surface area contributed by atoms with Crippen molar-refractivity contribution in [2.24, 2.45) is 0 Å². The molecule has 3 heterocycles. The van der Waals surface area contributed by atoms with E-state index in [9.17, 15) is 0 Å². The summed E-state index contributed by atoms with van der Waals surface area (Å²) >= 11 is 0. The van der Waals surface area contributed by atoms with Crippen LogP contribution in [0.5, 0.6) is 11.5 Å². The molecule has 166 valence electrons. The number of methoxy groups -OCH3 is 1. The quantitative estimate of drug-likeness (QED) is 0.361. The summed E-state index contributed by atoms with van der Waals surface area (Å²) in [5.74, 6) is 3.13. The van der Waals surface area contributed by atoms with E-state index in [1.165, 1.54) is 19.3 Å². The minimum absolute atomic E-state index is 0.685. The smallest absolute Gasteiger partial charge is 0.186 e. The average molecular weight is 432 g/mol. The summed E-state index contributed by atoms with van der Waals surface area (Å²) in [4.78, 5) is 2.36. The summed E-state index contributed by atoms with van der Waals surface area (Å²) in [7, 11) is 1.66. The van der Waals surface area contributed by atoms with Crippen LogP contribution >= 0.6 is 0 Å². The number of fused-ring (bicyclic) bond motifs is 3. The van der Waals surface area contributed by atoms with Gasteiger partial charge >= 0.3 is 0 Å². The Balaban J connectivity index is 1.57. The third-order valence-electron chi connectivity index (χ3n) is 6.08. The molecule has 0 aliphatic carbocycles. The van der Waals surface area contributed by atoms with Gasteiger partial charge in [-0.05, 0) is 37.5 Å². The van der Waals surface area contributed by atoms with Gasteiger partial charge in [-0.1, -0.05) is 44.0 Å². The molecule has 0 unspecified atom stereocenters. The van der Waals surface area contributed by atoms with Crippen molar-refractivity contribution in [2.45, 2.75) is 39.0 Å². The lowest BCUT2D eigenvalue weighted by atomic mass is 10.1. The normalized spacial score (nSPS) is 13.9. The first kappa shape index (κ1) is 20.5. The Morgan fingerprint density at radius 3 is 2.53 bits per heavy atom. The van der Waals surface area contributed by atoms with E-state index >= 15 is 0 Å². The van der Waals surface area contributed by atoms with Gasteiger partial charge in [-0.25, -0.2) is 0 Å². The molecule has 1 fully saturated rings. The highest BCUT2D eigenvalue weighted by atomic mass is 16.5. The van der Waals surface area contributed by atoms with Crippen molar-refractivity contribution in [3.8, 4) is 22.9 Å². The second-order valence-corrected chi connectivity index (χ2v) is 8.24. The summed E-state index contributed by atoms with van der Waals surface area (Å²) in [5, 5.41) is 16.2. The minimum Gasteiger partial charge on any atom is -0.493 e. The van der Waals surface area contributed by atoms with Crippen molar-refractivity contribution < 1.29 is 9.47 Å². The van der Waals surface area contributed by atoms with Gasteiger partial charge in [0.25, 0.3) is 0 Å². The van der Waals surface area contributed by atoms with Crippen molar-refractivity contribution in [1.82, 2.24) is 19.8 Å². The molecule has 7 nitrogen and oxygen atoms in total. The molecule has 2 aromatic carbocycles. The molecule has 32 heavy (non-hydrogen) atoms. The van der Waals surface area contributed by atoms with Crippen LogP contribution in [0.15, 0.2) is 42.5 Å². The van der Waals surface area contributed by atoms with Crippen LogP contribution in [0.25, 0.3) is 27.8 Å². The summed E-state index contributed by atoms with van der Waals surface area (Å²) in [6.45, 7) is 4.92. The number of benzene rings is 2. The molecular formula is C25H29N5O2. The number of ether oxygens (including phenoxy) is 2. The van der Waals surface area contributed by atoms with E-state index in [0.29, 0.717) is 18.2 Å². The Morgan fingerprint density at radius 1 is 0.938 bits per heavy atom. The van der Waals surface area contributed by atoms with Crippen molar-refractivity contribution >= 4 is 22.2 Å². The van der Waals surface area contributed by atoms with Crippen molar-refractivity contribution in [3.05, 3.63) is 42.5 Å². The topological polar surface area (TPSA) is 64.8 Å². The Hall–Kier alpha value is -3.35. The van der Waals surface area contributed by atoms with E-state index in [-0.39, 0.29) is 0 Å². The Bertz CT molecular complexity index is 1230. The van der Waals surface area contributed by atoms with Gasteiger partial charge in [-0.2, -0.15) is 4.52 Å². The van der Waals surface area contributed by atoms with Gasteiger partial charge in [0.2, 0.25) is 0 Å². The molecule has 0 atom stereocenters. The molecule has 5 rings (SSSR count). The molecular weight excluding hydrogens is 402 g/mol. The van der Waals surface area contributed by atoms with E-state index in [0.717, 1.165) is 59.5 Å². The number of hydrogen-bond donors (Lipinski definition) is 0. The fourth-order valence-electron chi connectivity index (χ4n) is 4.37. The van der Waals surface area contributed by atoms with Gasteiger partial charge in [0.05, 0.1) is 13.7 Å². The number of unbranched alkanes of at least 4 members (excludes halogenated alkanes) is 2. The zero-order valence-electron chi connectivity index (χ0n) is 18.8. The van der Waals surface area contributed by atoms with Gasteiger partial charge in [0.15, 0.2) is 28.8 Å². The molecule has 0 spiro atoms. The zero-order valence-corrected chi connectivity index (χ0v) is 18.8. The fourth-order valence-corrected chi connectivity index (χ4v) is 4.37.